The van der Waals surface area contributed by atoms with Crippen LogP contribution in [0.2, 0.25) is 0 Å². The summed E-state index contributed by atoms with van der Waals surface area (Å²) in [5.74, 6) is -0.207. The normalized spacial score (nSPS) is 11.4. The van der Waals surface area contributed by atoms with Crippen molar-refractivity contribution in [2.24, 2.45) is 0 Å². The van der Waals surface area contributed by atoms with Gasteiger partial charge in [0.2, 0.25) is 0 Å². The molecule has 0 radical (unpaired) electrons. The molecule has 0 aliphatic rings. The lowest BCUT2D eigenvalue weighted by atomic mass is 10.1. The second-order valence-corrected chi connectivity index (χ2v) is 7.13. The highest BCUT2D eigenvalue weighted by atomic mass is 19.1. The summed E-state index contributed by atoms with van der Waals surface area (Å²) in [7, 11) is 0. The fourth-order valence-corrected chi connectivity index (χ4v) is 3.04. The number of rotatable bonds is 11. The number of nitrogens with one attached hydrogen (secondary N) is 1. The Morgan fingerprint density at radius 3 is 2.07 bits per heavy atom. The van der Waals surface area contributed by atoms with Gasteiger partial charge >= 0.3 is 0 Å². The van der Waals surface area contributed by atoms with E-state index in [1.807, 2.05) is 12.1 Å². The van der Waals surface area contributed by atoms with E-state index in [9.17, 15) is 4.39 Å². The van der Waals surface area contributed by atoms with Crippen LogP contribution in [0, 0.1) is 5.82 Å². The lowest BCUT2D eigenvalue weighted by Gasteiger charge is -2.29. The third-order valence-electron chi connectivity index (χ3n) is 4.70. The van der Waals surface area contributed by atoms with Crippen LogP contribution < -0.4 is 10.2 Å². The average Bonchev–Trinajstić information content (AvgIpc) is 2.68. The minimum Gasteiger partial charge on any atom is -0.395 e. The Kier molecular flexibility index (Phi) is 8.72. The molecule has 0 unspecified atom stereocenters. The van der Waals surface area contributed by atoms with Crippen molar-refractivity contribution in [2.45, 2.75) is 45.3 Å². The molecule has 0 aliphatic carbocycles. The zero-order valence-electron chi connectivity index (χ0n) is 16.2. The highest BCUT2D eigenvalue weighted by Crippen LogP contribution is 2.18. The lowest BCUT2D eigenvalue weighted by Crippen LogP contribution is -2.35. The molecule has 2 rings (SSSR count). The van der Waals surface area contributed by atoms with Gasteiger partial charge in [-0.1, -0.05) is 24.3 Å². The van der Waals surface area contributed by atoms with Crippen LogP contribution in [0.4, 0.5) is 10.1 Å². The Morgan fingerprint density at radius 2 is 1.52 bits per heavy atom. The van der Waals surface area contributed by atoms with Crippen molar-refractivity contribution in [1.82, 2.24) is 5.32 Å². The Bertz CT molecular complexity index is 655. The maximum atomic E-state index is 13.1. The Hall–Kier alpha value is -1.95. The first kappa shape index (κ1) is 21.4. The molecule has 0 saturated heterocycles. The van der Waals surface area contributed by atoms with Gasteiger partial charge in [0.05, 0.1) is 19.3 Å². The molecule has 0 heterocycles. The standard InChI is InChI=1S/C22H31FN2O2/c1-17(2)25(22-11-9-20(23)10-12-22)13-3-4-18-5-7-19(8-6-18)14-24-21(15-26)16-27/h5-12,17,21,24,26-27H,3-4,13-16H2,1-2H3. The molecular weight excluding hydrogens is 343 g/mol. The van der Waals surface area contributed by atoms with Crippen molar-refractivity contribution in [3.05, 3.63) is 65.5 Å². The van der Waals surface area contributed by atoms with E-state index in [2.05, 4.69) is 48.3 Å². The van der Waals surface area contributed by atoms with E-state index in [1.54, 1.807) is 0 Å². The minimum absolute atomic E-state index is 0.0744. The van der Waals surface area contributed by atoms with Crippen molar-refractivity contribution in [3.8, 4) is 0 Å². The van der Waals surface area contributed by atoms with Gasteiger partial charge in [0, 0.05) is 24.8 Å². The average molecular weight is 375 g/mol. The van der Waals surface area contributed by atoms with E-state index in [-0.39, 0.29) is 25.1 Å². The van der Waals surface area contributed by atoms with Crippen molar-refractivity contribution in [3.63, 3.8) is 0 Å². The summed E-state index contributed by atoms with van der Waals surface area (Å²) in [5.41, 5.74) is 3.46. The molecular formula is C22H31FN2O2. The number of anilines is 1. The second kappa shape index (κ2) is 11.0. The Balaban J connectivity index is 1.83. The third kappa shape index (κ3) is 6.94. The fraction of sp³-hybridized carbons (Fsp3) is 0.455. The molecule has 0 aromatic heterocycles. The van der Waals surface area contributed by atoms with Gasteiger partial charge in [-0.25, -0.2) is 4.39 Å². The first-order valence-electron chi connectivity index (χ1n) is 9.58. The molecule has 0 atom stereocenters. The van der Waals surface area contributed by atoms with Crippen LogP contribution >= 0.6 is 0 Å². The summed E-state index contributed by atoms with van der Waals surface area (Å²) >= 11 is 0. The van der Waals surface area contributed by atoms with E-state index in [0.717, 1.165) is 30.6 Å². The molecule has 2 aromatic rings. The maximum Gasteiger partial charge on any atom is 0.123 e. The summed E-state index contributed by atoms with van der Waals surface area (Å²) in [6.45, 7) is 5.69. The van der Waals surface area contributed by atoms with Crippen molar-refractivity contribution in [2.75, 3.05) is 24.7 Å². The van der Waals surface area contributed by atoms with E-state index in [1.165, 1.54) is 17.7 Å². The van der Waals surface area contributed by atoms with Gasteiger partial charge in [-0.15, -0.1) is 0 Å². The molecule has 5 heteroatoms. The van der Waals surface area contributed by atoms with Gasteiger partial charge in [-0.2, -0.15) is 0 Å². The number of nitrogens with zero attached hydrogens (tertiary/aromatic N) is 1. The molecule has 0 saturated carbocycles. The van der Waals surface area contributed by atoms with Gasteiger partial charge in [0.25, 0.3) is 0 Å². The Morgan fingerprint density at radius 1 is 0.926 bits per heavy atom. The molecule has 4 nitrogen and oxygen atoms in total. The van der Waals surface area contributed by atoms with Crippen molar-refractivity contribution < 1.29 is 14.6 Å². The number of aryl methyl sites for hydroxylation is 1. The third-order valence-corrected chi connectivity index (χ3v) is 4.70. The van der Waals surface area contributed by atoms with Gasteiger partial charge in [0.1, 0.15) is 5.82 Å². The smallest absolute Gasteiger partial charge is 0.123 e. The van der Waals surface area contributed by atoms with Gasteiger partial charge in [-0.3, -0.25) is 0 Å². The number of aliphatic hydroxyl groups excluding tert-OH is 2. The number of hydrogen-bond acceptors (Lipinski definition) is 4. The minimum atomic E-state index is -0.279. The van der Waals surface area contributed by atoms with Gasteiger partial charge in [0.15, 0.2) is 0 Å². The first-order valence-corrected chi connectivity index (χ1v) is 9.58. The predicted octanol–water partition coefficient (Wildman–Crippen LogP) is 3.12. The molecule has 0 spiro atoms. The lowest BCUT2D eigenvalue weighted by molar-refractivity contribution is 0.170. The van der Waals surface area contributed by atoms with Crippen molar-refractivity contribution in [1.29, 1.82) is 0 Å². The summed E-state index contributed by atoms with van der Waals surface area (Å²) in [6.07, 6.45) is 2.00. The summed E-state index contributed by atoms with van der Waals surface area (Å²) < 4.78 is 13.1. The van der Waals surface area contributed by atoms with Gasteiger partial charge < -0.3 is 20.4 Å². The summed E-state index contributed by atoms with van der Waals surface area (Å²) in [5, 5.41) is 21.3. The molecule has 0 amide bonds. The van der Waals surface area contributed by atoms with Crippen LogP contribution in [0.25, 0.3) is 0 Å². The molecule has 2 aromatic carbocycles. The van der Waals surface area contributed by atoms with Gasteiger partial charge in [-0.05, 0) is 62.1 Å². The molecule has 148 valence electrons. The number of hydrogen-bond donors (Lipinski definition) is 3. The Labute approximate surface area is 161 Å². The van der Waals surface area contributed by atoms with Crippen LogP contribution in [0.5, 0.6) is 0 Å². The highest BCUT2D eigenvalue weighted by Gasteiger charge is 2.10. The SMILES string of the molecule is CC(C)N(CCCc1ccc(CNC(CO)CO)cc1)c1ccc(F)cc1. The molecule has 27 heavy (non-hydrogen) atoms. The number of benzene rings is 2. The van der Waals surface area contributed by atoms with Crippen LogP contribution in [-0.4, -0.2) is 42.1 Å². The van der Waals surface area contributed by atoms with E-state index in [0.29, 0.717) is 12.6 Å². The van der Waals surface area contributed by atoms with Crippen LogP contribution in [-0.2, 0) is 13.0 Å². The molecule has 0 aliphatic heterocycles. The van der Waals surface area contributed by atoms with E-state index in [4.69, 9.17) is 10.2 Å². The highest BCUT2D eigenvalue weighted by molar-refractivity contribution is 5.47. The fourth-order valence-electron chi connectivity index (χ4n) is 3.04. The maximum absolute atomic E-state index is 13.1. The summed E-state index contributed by atoms with van der Waals surface area (Å²) in [6, 6.07) is 15.2. The molecule has 3 N–H and O–H groups in total. The van der Waals surface area contributed by atoms with E-state index < -0.39 is 0 Å². The van der Waals surface area contributed by atoms with Crippen LogP contribution in [0.1, 0.15) is 31.4 Å². The second-order valence-electron chi connectivity index (χ2n) is 7.13. The van der Waals surface area contributed by atoms with Crippen molar-refractivity contribution >= 4 is 5.69 Å². The predicted molar refractivity (Wildman–Crippen MR) is 108 cm³/mol. The zero-order valence-corrected chi connectivity index (χ0v) is 16.2. The quantitative estimate of drug-likeness (QED) is 0.566. The van der Waals surface area contributed by atoms with Crippen LogP contribution in [0.3, 0.4) is 0 Å². The van der Waals surface area contributed by atoms with Crippen LogP contribution in [0.15, 0.2) is 48.5 Å². The number of aliphatic hydroxyl groups is 2. The first-order chi connectivity index (χ1) is 13.0. The number of halogens is 1. The largest absolute Gasteiger partial charge is 0.395 e. The summed E-state index contributed by atoms with van der Waals surface area (Å²) in [4.78, 5) is 2.29. The topological polar surface area (TPSA) is 55.7 Å². The monoisotopic (exact) mass is 374 g/mol. The molecule has 0 fully saturated rings. The molecule has 0 bridgehead atoms. The zero-order chi connectivity index (χ0) is 19.6. The van der Waals surface area contributed by atoms with E-state index >= 15 is 0 Å².